The van der Waals surface area contributed by atoms with Crippen LogP contribution in [0.3, 0.4) is 0 Å². The quantitative estimate of drug-likeness (QED) is 0.664. The molecule has 0 aromatic heterocycles. The Kier molecular flexibility index (Phi) is 4.27. The van der Waals surface area contributed by atoms with Gasteiger partial charge in [-0.25, -0.2) is 4.79 Å². The average molecular weight is 264 g/mol. The van der Waals surface area contributed by atoms with Crippen LogP contribution in [0.2, 0.25) is 0 Å². The minimum Gasteiger partial charge on any atom is -0.465 e. The van der Waals surface area contributed by atoms with Crippen molar-refractivity contribution in [3.8, 4) is 0 Å². The Morgan fingerprint density at radius 2 is 2.21 bits per heavy atom. The van der Waals surface area contributed by atoms with Crippen LogP contribution in [0.1, 0.15) is 23.2 Å². The Balaban J connectivity index is 2.27. The van der Waals surface area contributed by atoms with Gasteiger partial charge in [0.2, 0.25) is 0 Å². The molecule has 0 radical (unpaired) electrons. The summed E-state index contributed by atoms with van der Waals surface area (Å²) in [6, 6.07) is 5.44. The molecule has 1 atom stereocenters. The molecule has 1 aliphatic heterocycles. The molecule has 104 valence electrons. The maximum atomic E-state index is 11.6. The van der Waals surface area contributed by atoms with Crippen molar-refractivity contribution in [2.45, 2.75) is 18.9 Å². The van der Waals surface area contributed by atoms with Crippen LogP contribution in [0.4, 0.5) is 11.4 Å². The van der Waals surface area contributed by atoms with Crippen molar-refractivity contribution < 1.29 is 14.3 Å². The van der Waals surface area contributed by atoms with Crippen molar-refractivity contribution in [1.29, 1.82) is 0 Å². The molecule has 1 aromatic carbocycles. The predicted octanol–water partition coefficient (Wildman–Crippen LogP) is 1.67. The fourth-order valence-corrected chi connectivity index (χ4v) is 2.47. The van der Waals surface area contributed by atoms with Gasteiger partial charge in [-0.15, -0.1) is 0 Å². The lowest BCUT2D eigenvalue weighted by Crippen LogP contribution is -2.39. The van der Waals surface area contributed by atoms with E-state index in [1.165, 1.54) is 7.11 Å². The van der Waals surface area contributed by atoms with Crippen molar-refractivity contribution in [2.24, 2.45) is 0 Å². The molecular weight excluding hydrogens is 244 g/mol. The highest BCUT2D eigenvalue weighted by atomic mass is 16.5. The summed E-state index contributed by atoms with van der Waals surface area (Å²) in [7, 11) is 3.08. The number of methoxy groups -OCH3 is 2. The smallest absolute Gasteiger partial charge is 0.340 e. The van der Waals surface area contributed by atoms with Gasteiger partial charge < -0.3 is 20.1 Å². The second-order valence-electron chi connectivity index (χ2n) is 4.68. The van der Waals surface area contributed by atoms with E-state index >= 15 is 0 Å². The molecule has 0 aliphatic carbocycles. The fraction of sp³-hybridized carbons (Fsp3) is 0.500. The maximum Gasteiger partial charge on any atom is 0.340 e. The van der Waals surface area contributed by atoms with E-state index in [-0.39, 0.29) is 6.10 Å². The number of piperidine rings is 1. The minimum atomic E-state index is -0.403. The second-order valence-corrected chi connectivity index (χ2v) is 4.68. The number of benzene rings is 1. The number of nitrogens with zero attached hydrogens (tertiary/aromatic N) is 1. The van der Waals surface area contributed by atoms with Gasteiger partial charge in [-0.1, -0.05) is 6.07 Å². The number of nitrogen functional groups attached to an aromatic ring is 1. The number of hydrogen-bond donors (Lipinski definition) is 1. The molecule has 5 heteroatoms. The van der Waals surface area contributed by atoms with Gasteiger partial charge in [-0.2, -0.15) is 0 Å². The first-order valence-electron chi connectivity index (χ1n) is 6.42. The van der Waals surface area contributed by atoms with Gasteiger partial charge in [-0.3, -0.25) is 0 Å². The zero-order chi connectivity index (χ0) is 13.8. The molecule has 0 saturated carbocycles. The highest BCUT2D eigenvalue weighted by Crippen LogP contribution is 2.29. The number of carbonyl (C=O) groups excluding carboxylic acids is 1. The van der Waals surface area contributed by atoms with Gasteiger partial charge in [-0.05, 0) is 25.0 Å². The van der Waals surface area contributed by atoms with E-state index in [1.54, 1.807) is 13.2 Å². The first-order valence-corrected chi connectivity index (χ1v) is 6.42. The summed E-state index contributed by atoms with van der Waals surface area (Å²) in [6.45, 7) is 1.72. The van der Waals surface area contributed by atoms with E-state index in [4.69, 9.17) is 15.2 Å². The first-order chi connectivity index (χ1) is 9.17. The molecule has 1 aromatic rings. The van der Waals surface area contributed by atoms with Crippen LogP contribution >= 0.6 is 0 Å². The third-order valence-electron chi connectivity index (χ3n) is 3.54. The van der Waals surface area contributed by atoms with Gasteiger partial charge in [0.05, 0.1) is 30.2 Å². The van der Waals surface area contributed by atoms with Crippen LogP contribution in [0.25, 0.3) is 0 Å². The zero-order valence-corrected chi connectivity index (χ0v) is 11.4. The number of esters is 1. The highest BCUT2D eigenvalue weighted by molar-refractivity contribution is 5.98. The summed E-state index contributed by atoms with van der Waals surface area (Å²) in [5.41, 5.74) is 7.87. The molecule has 1 saturated heterocycles. The molecule has 2 N–H and O–H groups in total. The average Bonchev–Trinajstić information content (AvgIpc) is 2.46. The van der Waals surface area contributed by atoms with E-state index in [1.807, 2.05) is 12.1 Å². The number of carbonyl (C=O) groups is 1. The zero-order valence-electron chi connectivity index (χ0n) is 11.4. The van der Waals surface area contributed by atoms with Crippen LogP contribution in [0, 0.1) is 0 Å². The maximum absolute atomic E-state index is 11.6. The summed E-state index contributed by atoms with van der Waals surface area (Å²) < 4.78 is 10.1. The SMILES string of the molecule is COC(=O)c1cccc(N2CCCC(OC)C2)c1N. The van der Waals surface area contributed by atoms with Gasteiger partial charge in [0.25, 0.3) is 0 Å². The standard InChI is InChI=1S/C14H20N2O3/c1-18-10-5-4-8-16(9-10)12-7-3-6-11(13(12)15)14(17)19-2/h3,6-7,10H,4-5,8-9,15H2,1-2H3. The van der Waals surface area contributed by atoms with Crippen LogP contribution < -0.4 is 10.6 Å². The summed E-state index contributed by atoms with van der Waals surface area (Å²) in [5, 5.41) is 0. The van der Waals surface area contributed by atoms with Crippen molar-refractivity contribution in [3.05, 3.63) is 23.8 Å². The third kappa shape index (κ3) is 2.81. The molecule has 0 amide bonds. The summed E-state index contributed by atoms with van der Waals surface area (Å²) >= 11 is 0. The Bertz CT molecular complexity index is 462. The van der Waals surface area contributed by atoms with Crippen molar-refractivity contribution in [2.75, 3.05) is 37.9 Å². The lowest BCUT2D eigenvalue weighted by molar-refractivity contribution is 0.0602. The minimum absolute atomic E-state index is 0.218. The van der Waals surface area contributed by atoms with E-state index in [2.05, 4.69) is 4.90 Å². The summed E-state index contributed by atoms with van der Waals surface area (Å²) in [5.74, 6) is -0.403. The lowest BCUT2D eigenvalue weighted by atomic mass is 10.1. The molecule has 1 aliphatic rings. The Morgan fingerprint density at radius 3 is 2.89 bits per heavy atom. The van der Waals surface area contributed by atoms with Crippen LogP contribution in [-0.4, -0.2) is 39.4 Å². The largest absolute Gasteiger partial charge is 0.465 e. The van der Waals surface area contributed by atoms with Gasteiger partial charge in [0, 0.05) is 20.2 Å². The number of anilines is 2. The topological polar surface area (TPSA) is 64.8 Å². The Labute approximate surface area is 113 Å². The predicted molar refractivity (Wildman–Crippen MR) is 74.4 cm³/mol. The molecule has 0 spiro atoms. The van der Waals surface area contributed by atoms with Crippen LogP contribution in [0.5, 0.6) is 0 Å². The molecule has 2 rings (SSSR count). The monoisotopic (exact) mass is 264 g/mol. The second kappa shape index (κ2) is 5.93. The Hall–Kier alpha value is -1.75. The highest BCUT2D eigenvalue weighted by Gasteiger charge is 2.23. The molecule has 19 heavy (non-hydrogen) atoms. The number of rotatable bonds is 3. The third-order valence-corrected chi connectivity index (χ3v) is 3.54. The summed E-state index contributed by atoms with van der Waals surface area (Å²) in [4.78, 5) is 13.8. The Morgan fingerprint density at radius 1 is 1.42 bits per heavy atom. The van der Waals surface area contributed by atoms with Crippen LogP contribution in [-0.2, 0) is 9.47 Å². The van der Waals surface area contributed by atoms with Crippen molar-refractivity contribution >= 4 is 17.3 Å². The van der Waals surface area contributed by atoms with E-state index < -0.39 is 5.97 Å². The number of nitrogens with two attached hydrogens (primary N) is 1. The molecular formula is C14H20N2O3. The number of para-hydroxylation sites is 1. The molecule has 1 fully saturated rings. The van der Waals surface area contributed by atoms with E-state index in [9.17, 15) is 4.79 Å². The van der Waals surface area contributed by atoms with Crippen LogP contribution in [0.15, 0.2) is 18.2 Å². The van der Waals surface area contributed by atoms with Gasteiger partial charge >= 0.3 is 5.97 Å². The van der Waals surface area contributed by atoms with Gasteiger partial charge in [0.1, 0.15) is 0 Å². The normalized spacial score (nSPS) is 19.3. The molecule has 1 unspecified atom stereocenters. The fourth-order valence-electron chi connectivity index (χ4n) is 2.47. The van der Waals surface area contributed by atoms with E-state index in [0.29, 0.717) is 11.3 Å². The number of ether oxygens (including phenoxy) is 2. The number of hydrogen-bond acceptors (Lipinski definition) is 5. The van der Waals surface area contributed by atoms with Crippen molar-refractivity contribution in [1.82, 2.24) is 0 Å². The van der Waals surface area contributed by atoms with Crippen molar-refractivity contribution in [3.63, 3.8) is 0 Å². The lowest BCUT2D eigenvalue weighted by Gasteiger charge is -2.34. The van der Waals surface area contributed by atoms with E-state index in [0.717, 1.165) is 31.6 Å². The molecule has 1 heterocycles. The first kappa shape index (κ1) is 13.7. The molecule has 0 bridgehead atoms. The van der Waals surface area contributed by atoms with Gasteiger partial charge in [0.15, 0.2) is 0 Å². The molecule has 5 nitrogen and oxygen atoms in total. The summed E-state index contributed by atoms with van der Waals surface area (Å²) in [6.07, 6.45) is 2.33.